The van der Waals surface area contributed by atoms with Gasteiger partial charge in [0.1, 0.15) is 0 Å². The third kappa shape index (κ3) is 1.87. The highest BCUT2D eigenvalue weighted by molar-refractivity contribution is 6.31. The van der Waals surface area contributed by atoms with Crippen molar-refractivity contribution in [3.63, 3.8) is 0 Å². The molecule has 0 atom stereocenters. The number of hydrogen-bond donors (Lipinski definition) is 0. The molecule has 5 heteroatoms. The first-order chi connectivity index (χ1) is 8.74. The summed E-state index contributed by atoms with van der Waals surface area (Å²) >= 11 is 5.83. The van der Waals surface area contributed by atoms with Crippen molar-refractivity contribution in [1.82, 2.24) is 9.97 Å². The number of fused-ring (bicyclic) bond motifs is 1. The van der Waals surface area contributed by atoms with Gasteiger partial charge in [-0.15, -0.1) is 0 Å². The third-order valence-corrected chi connectivity index (χ3v) is 2.75. The summed E-state index contributed by atoms with van der Waals surface area (Å²) in [5.41, 5.74) is 0.815. The van der Waals surface area contributed by atoms with Gasteiger partial charge in [-0.2, -0.15) is 0 Å². The van der Waals surface area contributed by atoms with Crippen molar-refractivity contribution in [3.8, 4) is 11.5 Å². The van der Waals surface area contributed by atoms with Crippen LogP contribution >= 0.6 is 11.6 Å². The normalized spacial score (nSPS) is 10.7. The topological polar surface area (TPSA) is 56.0 Å². The van der Waals surface area contributed by atoms with E-state index < -0.39 is 5.63 Å². The second kappa shape index (κ2) is 4.23. The van der Waals surface area contributed by atoms with Gasteiger partial charge in [0.05, 0.1) is 10.9 Å². The highest BCUT2D eigenvalue weighted by atomic mass is 35.5. The molecule has 1 aromatic carbocycles. The van der Waals surface area contributed by atoms with E-state index >= 15 is 0 Å². The highest BCUT2D eigenvalue weighted by Gasteiger charge is 2.08. The molecule has 0 unspecified atom stereocenters. The standard InChI is InChI=1S/C13H7ClN2O2/c14-9-1-2-11-10(7-9)13(17)18-12(16-11)8-3-5-15-6-4-8/h1-7H. The summed E-state index contributed by atoms with van der Waals surface area (Å²) in [4.78, 5) is 20.0. The lowest BCUT2D eigenvalue weighted by molar-refractivity contribution is 0.518. The molecule has 0 saturated heterocycles. The Hall–Kier alpha value is -2.20. The fourth-order valence-corrected chi connectivity index (χ4v) is 1.83. The fraction of sp³-hybridized carbons (Fsp3) is 0. The van der Waals surface area contributed by atoms with Gasteiger partial charge in [-0.05, 0) is 30.3 Å². The molecule has 0 N–H and O–H groups in total. The summed E-state index contributed by atoms with van der Waals surface area (Å²) in [5, 5.41) is 0.855. The fourth-order valence-electron chi connectivity index (χ4n) is 1.66. The van der Waals surface area contributed by atoms with Crippen LogP contribution in [-0.4, -0.2) is 9.97 Å². The zero-order chi connectivity index (χ0) is 12.5. The second-order valence-corrected chi connectivity index (χ2v) is 4.14. The van der Waals surface area contributed by atoms with Crippen LogP contribution in [0, 0.1) is 0 Å². The minimum atomic E-state index is -0.450. The molecule has 0 amide bonds. The van der Waals surface area contributed by atoms with Crippen LogP contribution in [0.15, 0.2) is 51.9 Å². The van der Waals surface area contributed by atoms with E-state index in [1.165, 1.54) is 0 Å². The monoisotopic (exact) mass is 258 g/mol. The maximum absolute atomic E-state index is 11.8. The molecule has 2 aromatic heterocycles. The van der Waals surface area contributed by atoms with Crippen LogP contribution in [0.3, 0.4) is 0 Å². The summed E-state index contributed by atoms with van der Waals surface area (Å²) in [6, 6.07) is 8.39. The Bertz CT molecular complexity index is 769. The first kappa shape index (κ1) is 10.9. The summed E-state index contributed by atoms with van der Waals surface area (Å²) < 4.78 is 5.18. The van der Waals surface area contributed by atoms with E-state index in [9.17, 15) is 4.79 Å². The SMILES string of the molecule is O=c1oc(-c2ccncc2)nc2ccc(Cl)cc12. The molecule has 18 heavy (non-hydrogen) atoms. The number of aromatic nitrogens is 2. The molecular formula is C13H7ClN2O2. The minimum Gasteiger partial charge on any atom is -0.403 e. The van der Waals surface area contributed by atoms with Gasteiger partial charge in [0, 0.05) is 23.0 Å². The molecule has 0 bridgehead atoms. The van der Waals surface area contributed by atoms with Crippen molar-refractivity contribution in [2.45, 2.75) is 0 Å². The van der Waals surface area contributed by atoms with Gasteiger partial charge in [-0.1, -0.05) is 11.6 Å². The zero-order valence-electron chi connectivity index (χ0n) is 9.13. The first-order valence-electron chi connectivity index (χ1n) is 5.25. The van der Waals surface area contributed by atoms with Crippen molar-refractivity contribution >= 4 is 22.5 Å². The highest BCUT2D eigenvalue weighted by Crippen LogP contribution is 2.19. The molecule has 0 saturated carbocycles. The molecule has 0 fully saturated rings. The molecular weight excluding hydrogens is 252 g/mol. The van der Waals surface area contributed by atoms with E-state index in [2.05, 4.69) is 9.97 Å². The molecule has 3 aromatic rings. The van der Waals surface area contributed by atoms with E-state index in [1.54, 1.807) is 42.7 Å². The molecule has 0 spiro atoms. The predicted molar refractivity (Wildman–Crippen MR) is 68.5 cm³/mol. The van der Waals surface area contributed by atoms with Crippen molar-refractivity contribution < 1.29 is 4.42 Å². The lowest BCUT2D eigenvalue weighted by atomic mass is 10.2. The van der Waals surface area contributed by atoms with Gasteiger partial charge in [-0.25, -0.2) is 9.78 Å². The van der Waals surface area contributed by atoms with Crippen molar-refractivity contribution in [2.24, 2.45) is 0 Å². The maximum Gasteiger partial charge on any atom is 0.347 e. The lowest BCUT2D eigenvalue weighted by Gasteiger charge is -2.01. The van der Waals surface area contributed by atoms with Gasteiger partial charge >= 0.3 is 5.63 Å². The largest absolute Gasteiger partial charge is 0.403 e. The summed E-state index contributed by atoms with van der Waals surface area (Å²) in [6.07, 6.45) is 3.23. The van der Waals surface area contributed by atoms with Gasteiger partial charge in [0.2, 0.25) is 5.89 Å². The number of hydrogen-bond acceptors (Lipinski definition) is 4. The van der Waals surface area contributed by atoms with Crippen LogP contribution in [0.5, 0.6) is 0 Å². The Morgan fingerprint density at radius 1 is 1.11 bits per heavy atom. The summed E-state index contributed by atoms with van der Waals surface area (Å²) in [5.74, 6) is 0.275. The van der Waals surface area contributed by atoms with Crippen LogP contribution in [0.2, 0.25) is 5.02 Å². The molecule has 88 valence electrons. The average molecular weight is 259 g/mol. The average Bonchev–Trinajstić information content (AvgIpc) is 2.40. The Morgan fingerprint density at radius 2 is 1.89 bits per heavy atom. The number of halogens is 1. The van der Waals surface area contributed by atoms with Gasteiger partial charge in [0.15, 0.2) is 0 Å². The first-order valence-corrected chi connectivity index (χ1v) is 5.62. The second-order valence-electron chi connectivity index (χ2n) is 3.70. The van der Waals surface area contributed by atoms with Gasteiger partial charge in [-0.3, -0.25) is 4.98 Å². The van der Waals surface area contributed by atoms with E-state index in [0.717, 1.165) is 0 Å². The Morgan fingerprint density at radius 3 is 2.67 bits per heavy atom. The molecule has 0 aliphatic carbocycles. The maximum atomic E-state index is 11.8. The van der Waals surface area contributed by atoms with E-state index in [4.69, 9.17) is 16.0 Å². The third-order valence-electron chi connectivity index (χ3n) is 2.52. The van der Waals surface area contributed by atoms with Crippen LogP contribution in [0.25, 0.3) is 22.4 Å². The molecule has 4 nitrogen and oxygen atoms in total. The van der Waals surface area contributed by atoms with E-state index in [1.807, 2.05) is 0 Å². The summed E-state index contributed by atoms with van der Waals surface area (Å²) in [6.45, 7) is 0. The van der Waals surface area contributed by atoms with E-state index in [0.29, 0.717) is 21.5 Å². The minimum absolute atomic E-state index is 0.275. The van der Waals surface area contributed by atoms with Crippen LogP contribution < -0.4 is 5.63 Å². The smallest absolute Gasteiger partial charge is 0.347 e. The Labute approximate surface area is 107 Å². The van der Waals surface area contributed by atoms with E-state index in [-0.39, 0.29) is 5.89 Å². The number of rotatable bonds is 1. The van der Waals surface area contributed by atoms with Crippen molar-refractivity contribution in [2.75, 3.05) is 0 Å². The van der Waals surface area contributed by atoms with Crippen LogP contribution in [0.1, 0.15) is 0 Å². The number of pyridine rings is 1. The number of benzene rings is 1. The number of nitrogens with zero attached hydrogens (tertiary/aromatic N) is 2. The quantitative estimate of drug-likeness (QED) is 0.673. The zero-order valence-corrected chi connectivity index (χ0v) is 9.89. The van der Waals surface area contributed by atoms with Gasteiger partial charge in [0.25, 0.3) is 0 Å². The van der Waals surface area contributed by atoms with Crippen LogP contribution in [0.4, 0.5) is 0 Å². The molecule has 2 heterocycles. The lowest BCUT2D eigenvalue weighted by Crippen LogP contribution is -2.02. The summed E-state index contributed by atoms with van der Waals surface area (Å²) in [7, 11) is 0. The van der Waals surface area contributed by atoms with Gasteiger partial charge < -0.3 is 4.42 Å². The predicted octanol–water partition coefficient (Wildman–Crippen LogP) is 2.90. The molecule has 0 aliphatic heterocycles. The Kier molecular flexibility index (Phi) is 2.57. The van der Waals surface area contributed by atoms with Crippen molar-refractivity contribution in [3.05, 3.63) is 58.2 Å². The molecule has 0 aliphatic rings. The molecule has 3 rings (SSSR count). The Balaban J connectivity index is 2.29. The van der Waals surface area contributed by atoms with Crippen LogP contribution in [-0.2, 0) is 0 Å². The molecule has 0 radical (unpaired) electrons. The van der Waals surface area contributed by atoms with Crippen molar-refractivity contribution in [1.29, 1.82) is 0 Å².